The van der Waals surface area contributed by atoms with Crippen molar-refractivity contribution >= 4 is 51.9 Å². The summed E-state index contributed by atoms with van der Waals surface area (Å²) in [5, 5.41) is 0. The molecule has 0 unspecified atom stereocenters. The number of hydrogen-bond acceptors (Lipinski definition) is 7. The van der Waals surface area contributed by atoms with Crippen LogP contribution >= 0.6 is 24.0 Å². The second kappa shape index (κ2) is 10.1. The van der Waals surface area contributed by atoms with Gasteiger partial charge in [-0.1, -0.05) is 30.0 Å². The summed E-state index contributed by atoms with van der Waals surface area (Å²) in [6.07, 6.45) is 1.69. The van der Waals surface area contributed by atoms with E-state index in [4.69, 9.17) is 26.4 Å². The summed E-state index contributed by atoms with van der Waals surface area (Å²) in [6.45, 7) is 0. The SMILES string of the molecule is COc1ccc(N2C(=O)/C(=C\c3ccc(OC(=O)c4ccc(F)cc4)c(OC)c3)SC2=S)cc1. The van der Waals surface area contributed by atoms with Crippen LogP contribution < -0.4 is 19.1 Å². The van der Waals surface area contributed by atoms with Crippen LogP contribution in [0.2, 0.25) is 0 Å². The maximum Gasteiger partial charge on any atom is 0.343 e. The quantitative estimate of drug-likeness (QED) is 0.195. The lowest BCUT2D eigenvalue weighted by molar-refractivity contribution is -0.113. The Morgan fingerprint density at radius 3 is 2.32 bits per heavy atom. The molecule has 0 saturated carbocycles. The van der Waals surface area contributed by atoms with Crippen LogP contribution in [-0.4, -0.2) is 30.4 Å². The number of anilines is 1. The summed E-state index contributed by atoms with van der Waals surface area (Å²) in [6, 6.07) is 17.0. The number of nitrogens with zero attached hydrogens (tertiary/aromatic N) is 1. The van der Waals surface area contributed by atoms with Gasteiger partial charge in [0.2, 0.25) is 0 Å². The van der Waals surface area contributed by atoms with Gasteiger partial charge in [0.05, 0.1) is 30.4 Å². The van der Waals surface area contributed by atoms with Crippen LogP contribution in [0.1, 0.15) is 15.9 Å². The number of rotatable bonds is 6. The van der Waals surface area contributed by atoms with Gasteiger partial charge in [0.15, 0.2) is 15.8 Å². The van der Waals surface area contributed by atoms with Crippen molar-refractivity contribution in [2.24, 2.45) is 0 Å². The summed E-state index contributed by atoms with van der Waals surface area (Å²) in [7, 11) is 3.01. The second-order valence-electron chi connectivity index (χ2n) is 7.02. The van der Waals surface area contributed by atoms with E-state index in [2.05, 4.69) is 0 Å². The molecule has 34 heavy (non-hydrogen) atoms. The summed E-state index contributed by atoms with van der Waals surface area (Å²) in [5.74, 6) is -0.167. The molecule has 6 nitrogen and oxygen atoms in total. The highest BCUT2D eigenvalue weighted by Crippen LogP contribution is 2.37. The van der Waals surface area contributed by atoms with Gasteiger partial charge in [-0.2, -0.15) is 0 Å². The van der Waals surface area contributed by atoms with E-state index in [9.17, 15) is 14.0 Å². The van der Waals surface area contributed by atoms with E-state index in [0.717, 1.165) is 0 Å². The fourth-order valence-electron chi connectivity index (χ4n) is 3.18. The molecule has 9 heteroatoms. The van der Waals surface area contributed by atoms with Crippen LogP contribution in [0.5, 0.6) is 17.2 Å². The third-order valence-corrected chi connectivity index (χ3v) is 6.19. The maximum absolute atomic E-state index is 13.1. The minimum Gasteiger partial charge on any atom is -0.497 e. The zero-order valence-electron chi connectivity index (χ0n) is 18.1. The molecule has 172 valence electrons. The first kappa shape index (κ1) is 23.5. The standard InChI is InChI=1S/C25H18FNO5S2/c1-30-19-10-8-18(9-11-19)27-23(28)22(34-25(27)33)14-15-3-12-20(21(13-15)31-2)32-24(29)16-4-6-17(26)7-5-16/h3-14H,1-2H3/b22-14+. The molecule has 0 bridgehead atoms. The van der Waals surface area contributed by atoms with Crippen molar-refractivity contribution in [1.29, 1.82) is 0 Å². The predicted molar refractivity (Wildman–Crippen MR) is 133 cm³/mol. The molecule has 0 aromatic heterocycles. The van der Waals surface area contributed by atoms with E-state index in [-0.39, 0.29) is 17.2 Å². The molecule has 1 heterocycles. The van der Waals surface area contributed by atoms with Gasteiger partial charge in [0, 0.05) is 0 Å². The highest BCUT2D eigenvalue weighted by Gasteiger charge is 2.33. The normalized spacial score (nSPS) is 14.4. The Morgan fingerprint density at radius 1 is 0.971 bits per heavy atom. The lowest BCUT2D eigenvalue weighted by Gasteiger charge is -2.14. The number of hydrogen-bond donors (Lipinski definition) is 0. The number of thiocarbonyl (C=S) groups is 1. The van der Waals surface area contributed by atoms with Gasteiger partial charge in [-0.15, -0.1) is 0 Å². The van der Waals surface area contributed by atoms with Gasteiger partial charge in [0.1, 0.15) is 11.6 Å². The number of thioether (sulfide) groups is 1. The molecular formula is C25H18FNO5S2. The van der Waals surface area contributed by atoms with E-state index in [0.29, 0.717) is 32.0 Å². The van der Waals surface area contributed by atoms with Crippen LogP contribution in [0.15, 0.2) is 71.6 Å². The summed E-state index contributed by atoms with van der Waals surface area (Å²) < 4.78 is 29.4. The highest BCUT2D eigenvalue weighted by molar-refractivity contribution is 8.27. The molecule has 1 saturated heterocycles. The topological polar surface area (TPSA) is 65.1 Å². The molecule has 3 aromatic carbocycles. The minimum absolute atomic E-state index is 0.194. The number of ether oxygens (including phenoxy) is 3. The highest BCUT2D eigenvalue weighted by atomic mass is 32.2. The Hall–Kier alpha value is -3.69. The van der Waals surface area contributed by atoms with E-state index in [1.165, 1.54) is 48.0 Å². The number of carbonyl (C=O) groups is 2. The lowest BCUT2D eigenvalue weighted by Crippen LogP contribution is -2.27. The number of carbonyl (C=O) groups excluding carboxylic acids is 2. The fourth-order valence-corrected chi connectivity index (χ4v) is 4.48. The monoisotopic (exact) mass is 495 g/mol. The summed E-state index contributed by atoms with van der Waals surface area (Å²) >= 11 is 6.60. The van der Waals surface area contributed by atoms with Gasteiger partial charge in [-0.05, 0) is 72.3 Å². The first-order valence-corrected chi connectivity index (χ1v) is 11.2. The molecule has 3 aromatic rings. The molecule has 1 aliphatic rings. The Balaban J connectivity index is 1.54. The van der Waals surface area contributed by atoms with Crippen LogP contribution in [0, 0.1) is 5.82 Å². The fraction of sp³-hybridized carbons (Fsp3) is 0.0800. The number of esters is 1. The first-order valence-electron chi connectivity index (χ1n) is 9.97. The van der Waals surface area contributed by atoms with Crippen LogP contribution in [0.3, 0.4) is 0 Å². The molecule has 0 aliphatic carbocycles. The number of benzene rings is 3. The Labute approximate surface area is 204 Å². The van der Waals surface area contributed by atoms with Crippen molar-refractivity contribution in [3.63, 3.8) is 0 Å². The molecule has 4 rings (SSSR count). The van der Waals surface area contributed by atoms with Gasteiger partial charge in [0.25, 0.3) is 5.91 Å². The van der Waals surface area contributed by atoms with Crippen molar-refractivity contribution in [2.75, 3.05) is 19.1 Å². The first-order chi connectivity index (χ1) is 16.4. The zero-order chi connectivity index (χ0) is 24.2. The van der Waals surface area contributed by atoms with Crippen molar-refractivity contribution < 1.29 is 28.2 Å². The van der Waals surface area contributed by atoms with Crippen LogP contribution in [-0.2, 0) is 4.79 Å². The van der Waals surface area contributed by atoms with E-state index >= 15 is 0 Å². The molecule has 0 spiro atoms. The second-order valence-corrected chi connectivity index (χ2v) is 8.70. The van der Waals surface area contributed by atoms with Crippen LogP contribution in [0.25, 0.3) is 6.08 Å². The molecular weight excluding hydrogens is 477 g/mol. The largest absolute Gasteiger partial charge is 0.497 e. The van der Waals surface area contributed by atoms with E-state index < -0.39 is 11.8 Å². The van der Waals surface area contributed by atoms with Crippen molar-refractivity contribution in [2.45, 2.75) is 0 Å². The number of amides is 1. The Bertz CT molecular complexity index is 1290. The van der Waals surface area contributed by atoms with Gasteiger partial charge >= 0.3 is 5.97 Å². The van der Waals surface area contributed by atoms with Gasteiger partial charge < -0.3 is 14.2 Å². The Kier molecular flexibility index (Phi) is 6.95. The molecule has 1 aliphatic heterocycles. The van der Waals surface area contributed by atoms with Crippen molar-refractivity contribution in [3.05, 3.63) is 88.6 Å². The Morgan fingerprint density at radius 2 is 1.68 bits per heavy atom. The van der Waals surface area contributed by atoms with E-state index in [1.807, 2.05) is 0 Å². The van der Waals surface area contributed by atoms with Gasteiger partial charge in [-0.3, -0.25) is 9.69 Å². The predicted octanol–water partition coefficient (Wildman–Crippen LogP) is 5.47. The molecule has 1 amide bonds. The zero-order valence-corrected chi connectivity index (χ0v) is 19.7. The van der Waals surface area contributed by atoms with Crippen molar-refractivity contribution in [3.8, 4) is 17.2 Å². The molecule has 0 N–H and O–H groups in total. The molecule has 0 atom stereocenters. The third-order valence-electron chi connectivity index (χ3n) is 4.89. The smallest absolute Gasteiger partial charge is 0.343 e. The van der Waals surface area contributed by atoms with Crippen LogP contribution in [0.4, 0.5) is 10.1 Å². The maximum atomic E-state index is 13.1. The summed E-state index contributed by atoms with van der Waals surface area (Å²) in [5.41, 5.74) is 1.51. The third kappa shape index (κ3) is 4.95. The molecule has 1 fully saturated rings. The number of methoxy groups -OCH3 is 2. The van der Waals surface area contributed by atoms with E-state index in [1.54, 1.807) is 55.7 Å². The average Bonchev–Trinajstić information content (AvgIpc) is 3.12. The number of halogens is 1. The summed E-state index contributed by atoms with van der Waals surface area (Å²) in [4.78, 5) is 27.3. The lowest BCUT2D eigenvalue weighted by atomic mass is 10.1. The minimum atomic E-state index is -0.647. The molecule has 0 radical (unpaired) electrons. The van der Waals surface area contributed by atoms with Crippen molar-refractivity contribution in [1.82, 2.24) is 0 Å². The average molecular weight is 496 g/mol. The van der Waals surface area contributed by atoms with Gasteiger partial charge in [-0.25, -0.2) is 9.18 Å².